The van der Waals surface area contributed by atoms with Crippen LogP contribution in [-0.2, 0) is 6.42 Å². The number of halogens is 4. The molecule has 106 valence electrons. The first-order valence-corrected chi connectivity index (χ1v) is 6.03. The Morgan fingerprint density at radius 1 is 0.950 bits per heavy atom. The molecule has 20 heavy (non-hydrogen) atoms. The first-order chi connectivity index (χ1) is 9.38. The molecule has 0 fully saturated rings. The molecule has 0 aliphatic heterocycles. The van der Waals surface area contributed by atoms with E-state index in [1.165, 1.54) is 13.0 Å². The number of aryl methyl sites for hydroxylation is 1. The molecule has 5 heteroatoms. The van der Waals surface area contributed by atoms with E-state index in [4.69, 9.17) is 5.73 Å². The van der Waals surface area contributed by atoms with Crippen molar-refractivity contribution in [1.29, 1.82) is 0 Å². The Balaban J connectivity index is 2.28. The van der Waals surface area contributed by atoms with Gasteiger partial charge in [-0.05, 0) is 42.7 Å². The summed E-state index contributed by atoms with van der Waals surface area (Å²) in [6.45, 7) is 1.44. The second kappa shape index (κ2) is 5.63. The highest BCUT2D eigenvalue weighted by Gasteiger charge is 2.16. The van der Waals surface area contributed by atoms with Crippen molar-refractivity contribution in [3.8, 4) is 0 Å². The minimum atomic E-state index is -0.912. The van der Waals surface area contributed by atoms with Crippen molar-refractivity contribution < 1.29 is 17.6 Å². The fourth-order valence-corrected chi connectivity index (χ4v) is 1.98. The van der Waals surface area contributed by atoms with Crippen LogP contribution in [-0.4, -0.2) is 0 Å². The van der Waals surface area contributed by atoms with E-state index in [2.05, 4.69) is 0 Å². The summed E-state index contributed by atoms with van der Waals surface area (Å²) in [7, 11) is 0. The molecule has 0 saturated carbocycles. The molecule has 0 heterocycles. The molecule has 0 radical (unpaired) electrons. The monoisotopic (exact) mass is 283 g/mol. The molecule has 0 spiro atoms. The maximum absolute atomic E-state index is 13.7. The van der Waals surface area contributed by atoms with Gasteiger partial charge in [0.1, 0.15) is 23.3 Å². The summed E-state index contributed by atoms with van der Waals surface area (Å²) in [4.78, 5) is 0. The Kier molecular flexibility index (Phi) is 4.09. The Morgan fingerprint density at radius 2 is 1.65 bits per heavy atom. The molecule has 1 unspecified atom stereocenters. The summed E-state index contributed by atoms with van der Waals surface area (Å²) >= 11 is 0. The zero-order chi connectivity index (χ0) is 14.9. The summed E-state index contributed by atoms with van der Waals surface area (Å²) in [6, 6.07) is 4.21. The Morgan fingerprint density at radius 3 is 2.30 bits per heavy atom. The van der Waals surface area contributed by atoms with E-state index in [9.17, 15) is 17.6 Å². The van der Waals surface area contributed by atoms with Crippen LogP contribution in [0.5, 0.6) is 0 Å². The van der Waals surface area contributed by atoms with Crippen molar-refractivity contribution in [2.45, 2.75) is 19.4 Å². The van der Waals surface area contributed by atoms with Gasteiger partial charge in [0.2, 0.25) is 0 Å². The largest absolute Gasteiger partial charge is 0.324 e. The molecule has 0 aliphatic carbocycles. The predicted molar refractivity (Wildman–Crippen MR) is 68.1 cm³/mol. The second-order valence-corrected chi connectivity index (χ2v) is 4.67. The van der Waals surface area contributed by atoms with Gasteiger partial charge in [0, 0.05) is 17.7 Å². The quantitative estimate of drug-likeness (QED) is 0.852. The lowest BCUT2D eigenvalue weighted by Gasteiger charge is -2.14. The maximum atomic E-state index is 13.7. The van der Waals surface area contributed by atoms with Crippen LogP contribution in [0.3, 0.4) is 0 Å². The van der Waals surface area contributed by atoms with Crippen molar-refractivity contribution >= 4 is 0 Å². The minimum Gasteiger partial charge on any atom is -0.324 e. The molecular formula is C15H13F4N. The fraction of sp³-hybridized carbons (Fsp3) is 0.200. The molecule has 2 aromatic carbocycles. The SMILES string of the molecule is Cc1cc(F)c(C(N)Cc2ccc(F)cc2F)cc1F. The summed E-state index contributed by atoms with van der Waals surface area (Å²) in [6.07, 6.45) is -0.0501. The van der Waals surface area contributed by atoms with E-state index in [1.54, 1.807) is 0 Å². The van der Waals surface area contributed by atoms with Crippen LogP contribution in [0.15, 0.2) is 30.3 Å². The van der Waals surface area contributed by atoms with Crippen molar-refractivity contribution in [3.05, 3.63) is 70.3 Å². The molecule has 0 aromatic heterocycles. The third-order valence-corrected chi connectivity index (χ3v) is 3.13. The van der Waals surface area contributed by atoms with Crippen molar-refractivity contribution in [2.24, 2.45) is 5.73 Å². The highest BCUT2D eigenvalue weighted by Crippen LogP contribution is 2.23. The van der Waals surface area contributed by atoms with Crippen molar-refractivity contribution in [3.63, 3.8) is 0 Å². The van der Waals surface area contributed by atoms with Crippen LogP contribution >= 0.6 is 0 Å². The first kappa shape index (κ1) is 14.5. The topological polar surface area (TPSA) is 26.0 Å². The van der Waals surface area contributed by atoms with Gasteiger partial charge < -0.3 is 5.73 Å². The molecule has 0 bridgehead atoms. The van der Waals surface area contributed by atoms with E-state index < -0.39 is 29.3 Å². The highest BCUT2D eigenvalue weighted by molar-refractivity contribution is 5.29. The third-order valence-electron chi connectivity index (χ3n) is 3.13. The predicted octanol–water partition coefficient (Wildman–Crippen LogP) is 3.79. The van der Waals surface area contributed by atoms with Gasteiger partial charge in [-0.2, -0.15) is 0 Å². The van der Waals surface area contributed by atoms with Crippen LogP contribution in [0.25, 0.3) is 0 Å². The summed E-state index contributed by atoms with van der Waals surface area (Å²) in [5, 5.41) is 0. The minimum absolute atomic E-state index is 0.0307. The standard InChI is InChI=1S/C15H13F4N/c1-8-4-14(19)11(7-12(8)17)15(20)5-9-2-3-10(16)6-13(9)18/h2-4,6-7,15H,5,20H2,1H3. The van der Waals surface area contributed by atoms with Gasteiger partial charge in [0.25, 0.3) is 0 Å². The van der Waals surface area contributed by atoms with Crippen molar-refractivity contribution in [2.75, 3.05) is 0 Å². The normalized spacial score (nSPS) is 12.5. The lowest BCUT2D eigenvalue weighted by Crippen LogP contribution is -2.16. The Bertz CT molecular complexity index is 640. The maximum Gasteiger partial charge on any atom is 0.129 e. The number of hydrogen-bond donors (Lipinski definition) is 1. The van der Waals surface area contributed by atoms with Crippen LogP contribution in [0.2, 0.25) is 0 Å². The van der Waals surface area contributed by atoms with Gasteiger partial charge in [-0.15, -0.1) is 0 Å². The Labute approximate surface area is 114 Å². The number of nitrogens with two attached hydrogens (primary N) is 1. The average molecular weight is 283 g/mol. The Hall–Kier alpha value is -1.88. The van der Waals surface area contributed by atoms with E-state index in [0.717, 1.165) is 24.3 Å². The van der Waals surface area contributed by atoms with Crippen molar-refractivity contribution in [1.82, 2.24) is 0 Å². The molecule has 2 aromatic rings. The lowest BCUT2D eigenvalue weighted by atomic mass is 9.97. The van der Waals surface area contributed by atoms with Gasteiger partial charge in [-0.3, -0.25) is 0 Å². The molecule has 1 atom stereocenters. The van der Waals surface area contributed by atoms with Crippen LogP contribution in [0, 0.1) is 30.2 Å². The number of benzene rings is 2. The zero-order valence-electron chi connectivity index (χ0n) is 10.8. The molecule has 2 rings (SSSR count). The van der Waals surface area contributed by atoms with Gasteiger partial charge >= 0.3 is 0 Å². The van der Waals surface area contributed by atoms with Crippen LogP contribution in [0.1, 0.15) is 22.7 Å². The third kappa shape index (κ3) is 2.99. The summed E-state index contributed by atoms with van der Waals surface area (Å²) in [5.41, 5.74) is 6.08. The molecule has 0 amide bonds. The molecule has 0 aliphatic rings. The summed E-state index contributed by atoms with van der Waals surface area (Å²) in [5.74, 6) is -2.67. The average Bonchev–Trinajstić information content (AvgIpc) is 2.37. The van der Waals surface area contributed by atoms with E-state index in [0.29, 0.717) is 0 Å². The van der Waals surface area contributed by atoms with E-state index in [1.807, 2.05) is 0 Å². The van der Waals surface area contributed by atoms with Gasteiger partial charge in [-0.1, -0.05) is 6.07 Å². The fourth-order valence-electron chi connectivity index (χ4n) is 1.98. The number of hydrogen-bond acceptors (Lipinski definition) is 1. The van der Waals surface area contributed by atoms with E-state index >= 15 is 0 Å². The first-order valence-electron chi connectivity index (χ1n) is 6.03. The molecular weight excluding hydrogens is 270 g/mol. The molecule has 1 nitrogen and oxygen atoms in total. The van der Waals surface area contributed by atoms with Gasteiger partial charge in [0.05, 0.1) is 0 Å². The molecule has 0 saturated heterocycles. The second-order valence-electron chi connectivity index (χ2n) is 4.67. The summed E-state index contributed by atoms with van der Waals surface area (Å²) < 4.78 is 53.5. The van der Waals surface area contributed by atoms with Gasteiger partial charge in [-0.25, -0.2) is 17.6 Å². The van der Waals surface area contributed by atoms with Crippen LogP contribution in [0.4, 0.5) is 17.6 Å². The lowest BCUT2D eigenvalue weighted by molar-refractivity contribution is 0.541. The number of rotatable bonds is 3. The highest BCUT2D eigenvalue weighted by atomic mass is 19.1. The van der Waals surface area contributed by atoms with Gasteiger partial charge in [0.15, 0.2) is 0 Å². The smallest absolute Gasteiger partial charge is 0.129 e. The van der Waals surface area contributed by atoms with Crippen LogP contribution < -0.4 is 5.73 Å². The zero-order valence-corrected chi connectivity index (χ0v) is 10.8. The molecule has 2 N–H and O–H groups in total. The van der Waals surface area contributed by atoms with E-state index in [-0.39, 0.29) is 23.1 Å².